The Morgan fingerprint density at radius 2 is 1.83 bits per heavy atom. The van der Waals surface area contributed by atoms with Gasteiger partial charge in [0.05, 0.1) is 0 Å². The SMILES string of the molecule is Cc1ccc(-n2cccc2CNCC(C)C)cc1. The van der Waals surface area contributed by atoms with Crippen molar-refractivity contribution in [2.24, 2.45) is 5.92 Å². The van der Waals surface area contributed by atoms with E-state index in [0.717, 1.165) is 13.1 Å². The van der Waals surface area contributed by atoms with Crippen LogP contribution in [-0.4, -0.2) is 11.1 Å². The van der Waals surface area contributed by atoms with Gasteiger partial charge in [0.2, 0.25) is 0 Å². The maximum absolute atomic E-state index is 3.49. The fourth-order valence-corrected chi connectivity index (χ4v) is 2.01. The van der Waals surface area contributed by atoms with Crippen molar-refractivity contribution in [2.75, 3.05) is 6.54 Å². The van der Waals surface area contributed by atoms with E-state index >= 15 is 0 Å². The molecule has 0 aliphatic heterocycles. The highest BCUT2D eigenvalue weighted by atomic mass is 15.0. The lowest BCUT2D eigenvalue weighted by molar-refractivity contribution is 0.545. The maximum atomic E-state index is 3.49. The molecule has 1 N–H and O–H groups in total. The Labute approximate surface area is 110 Å². The highest BCUT2D eigenvalue weighted by Crippen LogP contribution is 2.13. The molecule has 0 amide bonds. The van der Waals surface area contributed by atoms with Crippen molar-refractivity contribution in [3.63, 3.8) is 0 Å². The van der Waals surface area contributed by atoms with Crippen LogP contribution in [0.3, 0.4) is 0 Å². The summed E-state index contributed by atoms with van der Waals surface area (Å²) in [6.45, 7) is 8.54. The minimum Gasteiger partial charge on any atom is -0.320 e. The summed E-state index contributed by atoms with van der Waals surface area (Å²) in [5.74, 6) is 0.688. The monoisotopic (exact) mass is 242 g/mol. The van der Waals surface area contributed by atoms with Gasteiger partial charge in [-0.2, -0.15) is 0 Å². The Bertz CT molecular complexity index is 480. The summed E-state index contributed by atoms with van der Waals surface area (Å²) in [4.78, 5) is 0. The summed E-state index contributed by atoms with van der Waals surface area (Å²) in [6, 6.07) is 12.9. The summed E-state index contributed by atoms with van der Waals surface area (Å²) < 4.78 is 2.24. The first kappa shape index (κ1) is 12.9. The van der Waals surface area contributed by atoms with Crippen LogP contribution < -0.4 is 5.32 Å². The van der Waals surface area contributed by atoms with Crippen molar-refractivity contribution in [3.05, 3.63) is 53.9 Å². The van der Waals surface area contributed by atoms with Gasteiger partial charge in [-0.3, -0.25) is 0 Å². The van der Waals surface area contributed by atoms with Crippen LogP contribution in [0.25, 0.3) is 5.69 Å². The molecule has 0 spiro atoms. The van der Waals surface area contributed by atoms with E-state index in [-0.39, 0.29) is 0 Å². The van der Waals surface area contributed by atoms with Crippen molar-refractivity contribution in [1.82, 2.24) is 9.88 Å². The summed E-state index contributed by atoms with van der Waals surface area (Å²) in [6.07, 6.45) is 2.12. The number of nitrogens with zero attached hydrogens (tertiary/aromatic N) is 1. The third-order valence-corrected chi connectivity index (χ3v) is 3.00. The Kier molecular flexibility index (Phi) is 4.21. The molecule has 0 aliphatic rings. The molecule has 0 bridgehead atoms. The molecule has 2 heteroatoms. The van der Waals surface area contributed by atoms with Gasteiger partial charge >= 0.3 is 0 Å². The first-order chi connectivity index (χ1) is 8.66. The third-order valence-electron chi connectivity index (χ3n) is 3.00. The zero-order valence-corrected chi connectivity index (χ0v) is 11.5. The van der Waals surface area contributed by atoms with Crippen molar-refractivity contribution in [2.45, 2.75) is 27.3 Å². The first-order valence-corrected chi connectivity index (χ1v) is 6.61. The molecule has 1 aromatic heterocycles. The van der Waals surface area contributed by atoms with Crippen LogP contribution in [0.5, 0.6) is 0 Å². The van der Waals surface area contributed by atoms with Gasteiger partial charge in [0.25, 0.3) is 0 Å². The molecule has 0 atom stereocenters. The second-order valence-corrected chi connectivity index (χ2v) is 5.23. The standard InChI is InChI=1S/C16H22N2/c1-13(2)11-17-12-16-5-4-10-18(16)15-8-6-14(3)7-9-15/h4-10,13,17H,11-12H2,1-3H3. The average Bonchev–Trinajstić information content (AvgIpc) is 2.78. The minimum atomic E-state index is 0.688. The van der Waals surface area contributed by atoms with E-state index in [1.165, 1.54) is 16.9 Å². The predicted molar refractivity (Wildman–Crippen MR) is 77.1 cm³/mol. The van der Waals surface area contributed by atoms with Crippen LogP contribution in [0.4, 0.5) is 0 Å². The summed E-state index contributed by atoms with van der Waals surface area (Å²) in [5, 5.41) is 3.49. The lowest BCUT2D eigenvalue weighted by Gasteiger charge is -2.11. The van der Waals surface area contributed by atoms with E-state index in [4.69, 9.17) is 0 Å². The lowest BCUT2D eigenvalue weighted by atomic mass is 10.2. The van der Waals surface area contributed by atoms with Crippen molar-refractivity contribution >= 4 is 0 Å². The molecule has 2 aromatic rings. The highest BCUT2D eigenvalue weighted by molar-refractivity contribution is 5.37. The van der Waals surface area contributed by atoms with Crippen LogP contribution in [-0.2, 0) is 6.54 Å². The molecule has 0 fully saturated rings. The Balaban J connectivity index is 2.10. The number of nitrogens with one attached hydrogen (secondary N) is 1. The Hall–Kier alpha value is -1.54. The topological polar surface area (TPSA) is 17.0 Å². The largest absolute Gasteiger partial charge is 0.320 e. The highest BCUT2D eigenvalue weighted by Gasteiger charge is 2.03. The van der Waals surface area contributed by atoms with Crippen molar-refractivity contribution in [1.29, 1.82) is 0 Å². The van der Waals surface area contributed by atoms with Gasteiger partial charge in [-0.1, -0.05) is 31.5 Å². The van der Waals surface area contributed by atoms with E-state index in [1.54, 1.807) is 0 Å². The normalized spacial score (nSPS) is 11.1. The molecular formula is C16H22N2. The predicted octanol–water partition coefficient (Wildman–Crippen LogP) is 3.53. The van der Waals surface area contributed by atoms with E-state index < -0.39 is 0 Å². The van der Waals surface area contributed by atoms with Gasteiger partial charge in [-0.25, -0.2) is 0 Å². The molecule has 2 nitrogen and oxygen atoms in total. The van der Waals surface area contributed by atoms with Crippen LogP contribution >= 0.6 is 0 Å². The first-order valence-electron chi connectivity index (χ1n) is 6.61. The van der Waals surface area contributed by atoms with E-state index in [0.29, 0.717) is 5.92 Å². The lowest BCUT2D eigenvalue weighted by Crippen LogP contribution is -2.20. The van der Waals surface area contributed by atoms with Crippen LogP contribution in [0.1, 0.15) is 25.1 Å². The number of hydrogen-bond acceptors (Lipinski definition) is 1. The van der Waals surface area contributed by atoms with Crippen LogP contribution in [0.2, 0.25) is 0 Å². The number of hydrogen-bond donors (Lipinski definition) is 1. The second-order valence-electron chi connectivity index (χ2n) is 5.23. The molecule has 0 aliphatic carbocycles. The van der Waals surface area contributed by atoms with Gasteiger partial charge in [0.1, 0.15) is 0 Å². The van der Waals surface area contributed by atoms with Gasteiger partial charge in [0.15, 0.2) is 0 Å². The van der Waals surface area contributed by atoms with Crippen LogP contribution in [0, 0.1) is 12.8 Å². The molecule has 0 unspecified atom stereocenters. The Morgan fingerprint density at radius 1 is 1.11 bits per heavy atom. The zero-order valence-electron chi connectivity index (χ0n) is 11.5. The minimum absolute atomic E-state index is 0.688. The molecule has 0 saturated heterocycles. The fourth-order valence-electron chi connectivity index (χ4n) is 2.01. The molecular weight excluding hydrogens is 220 g/mol. The molecule has 1 heterocycles. The molecule has 1 aromatic carbocycles. The smallest absolute Gasteiger partial charge is 0.0453 e. The van der Waals surface area contributed by atoms with Crippen molar-refractivity contribution in [3.8, 4) is 5.69 Å². The molecule has 2 rings (SSSR count). The number of benzene rings is 1. The van der Waals surface area contributed by atoms with Gasteiger partial charge in [-0.15, -0.1) is 0 Å². The second kappa shape index (κ2) is 5.87. The van der Waals surface area contributed by atoms with E-state index in [2.05, 4.69) is 73.3 Å². The van der Waals surface area contributed by atoms with Gasteiger partial charge < -0.3 is 9.88 Å². The summed E-state index contributed by atoms with van der Waals surface area (Å²) in [7, 11) is 0. The van der Waals surface area contributed by atoms with Crippen molar-refractivity contribution < 1.29 is 0 Å². The van der Waals surface area contributed by atoms with Gasteiger partial charge in [0, 0.05) is 24.1 Å². The number of aromatic nitrogens is 1. The number of rotatable bonds is 5. The molecule has 18 heavy (non-hydrogen) atoms. The summed E-state index contributed by atoms with van der Waals surface area (Å²) >= 11 is 0. The maximum Gasteiger partial charge on any atom is 0.0453 e. The molecule has 0 saturated carbocycles. The van der Waals surface area contributed by atoms with E-state index in [1.807, 2.05) is 0 Å². The van der Waals surface area contributed by atoms with Crippen LogP contribution in [0.15, 0.2) is 42.6 Å². The molecule has 0 radical (unpaired) electrons. The third kappa shape index (κ3) is 3.23. The Morgan fingerprint density at radius 3 is 2.50 bits per heavy atom. The quantitative estimate of drug-likeness (QED) is 0.848. The summed E-state index contributed by atoms with van der Waals surface area (Å²) in [5.41, 5.74) is 3.83. The van der Waals surface area contributed by atoms with E-state index in [9.17, 15) is 0 Å². The zero-order chi connectivity index (χ0) is 13.0. The van der Waals surface area contributed by atoms with Gasteiger partial charge in [-0.05, 0) is 43.7 Å². The average molecular weight is 242 g/mol. The molecule has 96 valence electrons. The number of aryl methyl sites for hydroxylation is 1. The fraction of sp³-hybridized carbons (Fsp3) is 0.375.